The van der Waals surface area contributed by atoms with E-state index in [4.69, 9.17) is 23.2 Å². The van der Waals surface area contributed by atoms with E-state index < -0.39 is 0 Å². The summed E-state index contributed by atoms with van der Waals surface area (Å²) in [6.07, 6.45) is 2.89. The number of hydrogen-bond acceptors (Lipinski definition) is 6. The van der Waals surface area contributed by atoms with Crippen molar-refractivity contribution in [2.24, 2.45) is 7.05 Å². The highest BCUT2D eigenvalue weighted by atomic mass is 35.5. The zero-order valence-electron chi connectivity index (χ0n) is 20.3. The monoisotopic (exact) mass is 522 g/mol. The van der Waals surface area contributed by atoms with Gasteiger partial charge in [-0.1, -0.05) is 36.2 Å². The van der Waals surface area contributed by atoms with E-state index in [1.54, 1.807) is 37.5 Å². The highest BCUT2D eigenvalue weighted by Gasteiger charge is 2.18. The second kappa shape index (κ2) is 10.5. The van der Waals surface area contributed by atoms with Gasteiger partial charge in [-0.3, -0.25) is 14.3 Å². The van der Waals surface area contributed by atoms with E-state index >= 15 is 0 Å². The van der Waals surface area contributed by atoms with Gasteiger partial charge in [-0.25, -0.2) is 4.98 Å². The van der Waals surface area contributed by atoms with Crippen molar-refractivity contribution in [1.29, 1.82) is 0 Å². The molecule has 1 fully saturated rings. The first-order valence-corrected chi connectivity index (χ1v) is 12.9. The number of piperazine rings is 1. The van der Waals surface area contributed by atoms with Crippen LogP contribution in [0.3, 0.4) is 0 Å². The normalized spacial score (nSPS) is 14.4. The molecule has 0 radical (unpaired) electrons. The Morgan fingerprint density at radius 3 is 2.36 bits per heavy atom. The highest BCUT2D eigenvalue weighted by molar-refractivity contribution is 6.39. The summed E-state index contributed by atoms with van der Waals surface area (Å²) in [4.78, 5) is 27.2. The van der Waals surface area contributed by atoms with E-state index in [-0.39, 0.29) is 5.56 Å². The zero-order valence-corrected chi connectivity index (χ0v) is 21.9. The molecule has 3 heterocycles. The molecule has 5 rings (SSSR count). The van der Waals surface area contributed by atoms with Gasteiger partial charge in [0.05, 0.1) is 15.6 Å². The Morgan fingerprint density at radius 2 is 1.69 bits per heavy atom. The third-order valence-electron chi connectivity index (χ3n) is 6.58. The fourth-order valence-corrected chi connectivity index (χ4v) is 5.27. The fraction of sp³-hybridized carbons (Fsp3) is 0.296. The van der Waals surface area contributed by atoms with Crippen LogP contribution in [0.25, 0.3) is 22.2 Å². The van der Waals surface area contributed by atoms with Crippen molar-refractivity contribution in [3.63, 3.8) is 0 Å². The number of pyridine rings is 1. The predicted octanol–water partition coefficient (Wildman–Crippen LogP) is 5.58. The summed E-state index contributed by atoms with van der Waals surface area (Å²) < 4.78 is 1.50. The van der Waals surface area contributed by atoms with Crippen LogP contribution < -0.4 is 15.8 Å². The lowest BCUT2D eigenvalue weighted by atomic mass is 10.1. The minimum Gasteiger partial charge on any atom is -0.369 e. The number of aryl methyl sites for hydroxylation is 1. The smallest absolute Gasteiger partial charge is 0.259 e. The van der Waals surface area contributed by atoms with Crippen LogP contribution in [0.5, 0.6) is 0 Å². The second-order valence-corrected chi connectivity index (χ2v) is 9.81. The lowest BCUT2D eigenvalue weighted by molar-refractivity contribution is 0.258. The number of anilines is 3. The number of halogens is 2. The number of hydrogen-bond donors (Lipinski definition) is 1. The lowest BCUT2D eigenvalue weighted by Crippen LogP contribution is -2.46. The molecule has 0 spiro atoms. The Morgan fingerprint density at radius 1 is 1.00 bits per heavy atom. The van der Waals surface area contributed by atoms with Gasteiger partial charge in [0, 0.05) is 61.7 Å². The van der Waals surface area contributed by atoms with Crippen molar-refractivity contribution in [1.82, 2.24) is 19.4 Å². The molecule has 0 bridgehead atoms. The van der Waals surface area contributed by atoms with E-state index in [0.717, 1.165) is 31.9 Å². The molecule has 9 heteroatoms. The van der Waals surface area contributed by atoms with E-state index in [1.807, 2.05) is 12.1 Å². The van der Waals surface area contributed by atoms with Crippen LogP contribution in [0.4, 0.5) is 17.3 Å². The van der Waals surface area contributed by atoms with Gasteiger partial charge in [0.2, 0.25) is 5.95 Å². The van der Waals surface area contributed by atoms with Crippen LogP contribution in [0.15, 0.2) is 59.5 Å². The summed E-state index contributed by atoms with van der Waals surface area (Å²) in [5.41, 5.74) is 3.31. The van der Waals surface area contributed by atoms with Gasteiger partial charge in [0.25, 0.3) is 5.56 Å². The van der Waals surface area contributed by atoms with Crippen LogP contribution >= 0.6 is 23.2 Å². The number of rotatable bonds is 6. The molecular weight excluding hydrogens is 495 g/mol. The highest BCUT2D eigenvalue weighted by Crippen LogP contribution is 2.33. The van der Waals surface area contributed by atoms with Crippen molar-refractivity contribution in [3.05, 3.63) is 75.1 Å². The molecule has 1 N–H and O–H groups in total. The molecule has 0 unspecified atom stereocenters. The first kappa shape index (κ1) is 24.6. The quantitative estimate of drug-likeness (QED) is 0.356. The Hall–Kier alpha value is -3.13. The average Bonchev–Trinajstić information content (AvgIpc) is 2.88. The summed E-state index contributed by atoms with van der Waals surface area (Å²) in [7, 11) is 1.69. The van der Waals surface area contributed by atoms with Gasteiger partial charge < -0.3 is 10.2 Å². The summed E-state index contributed by atoms with van der Waals surface area (Å²) in [5.74, 6) is 0.418. The SMILES string of the molecule is CCCN1CCN(c2ccc(Nc3ncc4cc(-c5c(Cl)cccc5Cl)c(=O)n(C)c4n3)cc2)CC1. The molecule has 2 aromatic heterocycles. The number of nitrogens with one attached hydrogen (secondary N) is 1. The maximum atomic E-state index is 13.2. The third kappa shape index (κ3) is 4.91. The number of benzene rings is 2. The second-order valence-electron chi connectivity index (χ2n) is 8.99. The fourth-order valence-electron chi connectivity index (χ4n) is 4.67. The first-order valence-electron chi connectivity index (χ1n) is 12.1. The Bertz CT molecular complexity index is 1430. The summed E-state index contributed by atoms with van der Waals surface area (Å²) in [5, 5.41) is 4.81. The maximum absolute atomic E-state index is 13.2. The van der Waals surface area contributed by atoms with Crippen LogP contribution in [0.2, 0.25) is 10.0 Å². The molecule has 0 amide bonds. The Kier molecular flexibility index (Phi) is 7.14. The molecule has 1 aliphatic heterocycles. The molecule has 4 aromatic rings. The standard InChI is InChI=1S/C27H28Cl2N6O/c1-3-11-34-12-14-35(15-13-34)20-9-7-19(8-10-20)31-27-30-17-18-16-21(26(36)33(2)25(18)32-27)24-22(28)5-4-6-23(24)29/h4-10,16-17H,3,11-15H2,1-2H3,(H,30,31,32). The Labute approximate surface area is 220 Å². The molecule has 2 aromatic carbocycles. The lowest BCUT2D eigenvalue weighted by Gasteiger charge is -2.36. The molecular formula is C27H28Cl2N6O. The van der Waals surface area contributed by atoms with Gasteiger partial charge in [0.15, 0.2) is 0 Å². The van der Waals surface area contributed by atoms with E-state index in [1.165, 1.54) is 23.2 Å². The number of fused-ring (bicyclic) bond motifs is 1. The van der Waals surface area contributed by atoms with Gasteiger partial charge in [-0.05, 0) is 55.4 Å². The van der Waals surface area contributed by atoms with E-state index in [2.05, 4.69) is 44.1 Å². The summed E-state index contributed by atoms with van der Waals surface area (Å²) in [6.45, 7) is 7.67. The first-order chi connectivity index (χ1) is 17.4. The number of nitrogens with zero attached hydrogens (tertiary/aromatic N) is 5. The van der Waals surface area contributed by atoms with Crippen molar-refractivity contribution >= 4 is 51.6 Å². The van der Waals surface area contributed by atoms with Crippen LogP contribution in [0, 0.1) is 0 Å². The molecule has 0 aliphatic carbocycles. The molecule has 7 nitrogen and oxygen atoms in total. The summed E-state index contributed by atoms with van der Waals surface area (Å²) >= 11 is 12.7. The van der Waals surface area contributed by atoms with Crippen molar-refractivity contribution < 1.29 is 0 Å². The van der Waals surface area contributed by atoms with Gasteiger partial charge in [0.1, 0.15) is 5.65 Å². The van der Waals surface area contributed by atoms with Crippen molar-refractivity contribution in [2.75, 3.05) is 42.9 Å². The van der Waals surface area contributed by atoms with Gasteiger partial charge >= 0.3 is 0 Å². The van der Waals surface area contributed by atoms with Gasteiger partial charge in [-0.15, -0.1) is 0 Å². The molecule has 186 valence electrons. The Balaban J connectivity index is 1.36. The largest absolute Gasteiger partial charge is 0.369 e. The molecule has 1 saturated heterocycles. The zero-order chi connectivity index (χ0) is 25.2. The van der Waals surface area contributed by atoms with E-state index in [9.17, 15) is 4.79 Å². The molecule has 0 saturated carbocycles. The minimum absolute atomic E-state index is 0.231. The van der Waals surface area contributed by atoms with E-state index in [0.29, 0.717) is 38.2 Å². The average molecular weight is 523 g/mol. The summed E-state index contributed by atoms with van der Waals surface area (Å²) in [6, 6.07) is 15.2. The van der Waals surface area contributed by atoms with Crippen molar-refractivity contribution in [3.8, 4) is 11.1 Å². The topological polar surface area (TPSA) is 66.3 Å². The van der Waals surface area contributed by atoms with Gasteiger partial charge in [-0.2, -0.15) is 4.98 Å². The van der Waals surface area contributed by atoms with Crippen LogP contribution in [0.1, 0.15) is 13.3 Å². The maximum Gasteiger partial charge on any atom is 0.259 e. The third-order valence-corrected chi connectivity index (χ3v) is 7.21. The van der Waals surface area contributed by atoms with Crippen molar-refractivity contribution in [2.45, 2.75) is 13.3 Å². The van der Waals surface area contributed by atoms with Crippen LogP contribution in [-0.2, 0) is 7.05 Å². The predicted molar refractivity (Wildman–Crippen MR) is 149 cm³/mol. The molecule has 1 aliphatic rings. The number of aromatic nitrogens is 3. The van der Waals surface area contributed by atoms with Crippen LogP contribution in [-0.4, -0.2) is 52.2 Å². The molecule has 36 heavy (non-hydrogen) atoms. The minimum atomic E-state index is -0.231. The molecule has 0 atom stereocenters.